The third-order valence-electron chi connectivity index (χ3n) is 5.42. The van der Waals surface area contributed by atoms with Crippen molar-refractivity contribution in [3.05, 3.63) is 101 Å². The molecule has 5 nitrogen and oxygen atoms in total. The number of carboxylic acids is 1. The fraction of sp³-hybridized carbons (Fsp3) is 0.192. The molecule has 0 saturated carbocycles. The number of ether oxygens (including phenoxy) is 1. The van der Waals surface area contributed by atoms with Gasteiger partial charge in [-0.05, 0) is 30.2 Å². The SMILES string of the molecule is Cc1ccc(COc2ccccc2CNC(Cc2c[nH]c3ccccc23)C(=O)O)cc1. The lowest BCUT2D eigenvalue weighted by Gasteiger charge is -2.16. The van der Waals surface area contributed by atoms with Crippen molar-refractivity contribution in [1.29, 1.82) is 0 Å². The zero-order valence-corrected chi connectivity index (χ0v) is 17.5. The Morgan fingerprint density at radius 3 is 2.55 bits per heavy atom. The smallest absolute Gasteiger partial charge is 0.321 e. The van der Waals surface area contributed by atoms with Crippen molar-refractivity contribution >= 4 is 16.9 Å². The highest BCUT2D eigenvalue weighted by molar-refractivity contribution is 5.84. The van der Waals surface area contributed by atoms with E-state index in [2.05, 4.69) is 41.5 Å². The van der Waals surface area contributed by atoms with Crippen LogP contribution in [0.25, 0.3) is 10.9 Å². The van der Waals surface area contributed by atoms with Crippen molar-refractivity contribution in [2.24, 2.45) is 0 Å². The van der Waals surface area contributed by atoms with Crippen LogP contribution in [0.3, 0.4) is 0 Å². The first kappa shape index (κ1) is 20.7. The maximum atomic E-state index is 11.9. The molecule has 3 aromatic carbocycles. The standard InChI is InChI=1S/C26H26N2O3/c1-18-10-12-19(13-11-18)17-31-25-9-5-2-6-20(25)15-28-24(26(29)30)14-21-16-27-23-8-4-3-7-22(21)23/h2-13,16,24,27-28H,14-15,17H2,1H3,(H,29,30). The number of aromatic amines is 1. The Labute approximate surface area is 181 Å². The Balaban J connectivity index is 1.43. The van der Waals surface area contributed by atoms with Crippen molar-refractivity contribution in [3.8, 4) is 5.75 Å². The van der Waals surface area contributed by atoms with Gasteiger partial charge in [-0.2, -0.15) is 0 Å². The molecule has 0 aliphatic rings. The van der Waals surface area contributed by atoms with Gasteiger partial charge in [0.2, 0.25) is 0 Å². The third-order valence-corrected chi connectivity index (χ3v) is 5.42. The summed E-state index contributed by atoms with van der Waals surface area (Å²) in [5, 5.41) is 14.0. The minimum Gasteiger partial charge on any atom is -0.489 e. The number of H-pyrrole nitrogens is 1. The molecule has 5 heteroatoms. The first-order chi connectivity index (χ1) is 15.1. The summed E-state index contributed by atoms with van der Waals surface area (Å²) in [6.07, 6.45) is 2.28. The van der Waals surface area contributed by atoms with Gasteiger partial charge in [0.1, 0.15) is 18.4 Å². The van der Waals surface area contributed by atoms with Crippen LogP contribution in [0, 0.1) is 6.92 Å². The minimum absolute atomic E-state index is 0.395. The topological polar surface area (TPSA) is 74.3 Å². The number of fused-ring (bicyclic) bond motifs is 1. The second-order valence-electron chi connectivity index (χ2n) is 7.72. The van der Waals surface area contributed by atoms with E-state index < -0.39 is 12.0 Å². The first-order valence-electron chi connectivity index (χ1n) is 10.4. The van der Waals surface area contributed by atoms with Crippen LogP contribution >= 0.6 is 0 Å². The predicted molar refractivity (Wildman–Crippen MR) is 122 cm³/mol. The van der Waals surface area contributed by atoms with Crippen LogP contribution in [0.4, 0.5) is 0 Å². The molecule has 1 aromatic heterocycles. The molecule has 3 N–H and O–H groups in total. The largest absolute Gasteiger partial charge is 0.489 e. The van der Waals surface area contributed by atoms with E-state index in [1.165, 1.54) is 5.56 Å². The summed E-state index contributed by atoms with van der Waals surface area (Å²) in [7, 11) is 0. The molecular formula is C26H26N2O3. The number of aliphatic carboxylic acids is 1. The predicted octanol–water partition coefficient (Wildman–Crippen LogP) is 4.84. The lowest BCUT2D eigenvalue weighted by molar-refractivity contribution is -0.139. The van der Waals surface area contributed by atoms with Crippen LogP contribution in [0.1, 0.15) is 22.3 Å². The second-order valence-corrected chi connectivity index (χ2v) is 7.72. The third kappa shape index (κ3) is 5.13. The summed E-state index contributed by atoms with van der Waals surface area (Å²) >= 11 is 0. The number of rotatable bonds is 9. The number of nitrogens with one attached hydrogen (secondary N) is 2. The van der Waals surface area contributed by atoms with Gasteiger partial charge in [-0.3, -0.25) is 10.1 Å². The summed E-state index contributed by atoms with van der Waals surface area (Å²) in [5.74, 6) is -0.116. The molecule has 1 unspecified atom stereocenters. The first-order valence-corrected chi connectivity index (χ1v) is 10.4. The van der Waals surface area contributed by atoms with Crippen molar-refractivity contribution in [3.63, 3.8) is 0 Å². The van der Waals surface area contributed by atoms with Crippen LogP contribution in [0.2, 0.25) is 0 Å². The fourth-order valence-electron chi connectivity index (χ4n) is 3.64. The van der Waals surface area contributed by atoms with E-state index in [-0.39, 0.29) is 0 Å². The minimum atomic E-state index is -0.872. The van der Waals surface area contributed by atoms with Crippen LogP contribution in [0.15, 0.2) is 79.0 Å². The lowest BCUT2D eigenvalue weighted by Crippen LogP contribution is -2.38. The Morgan fingerprint density at radius 2 is 1.74 bits per heavy atom. The molecule has 0 amide bonds. The van der Waals surface area contributed by atoms with Crippen molar-refractivity contribution in [1.82, 2.24) is 10.3 Å². The van der Waals surface area contributed by atoms with E-state index in [0.717, 1.165) is 33.3 Å². The van der Waals surface area contributed by atoms with E-state index in [1.54, 1.807) is 0 Å². The van der Waals surface area contributed by atoms with Crippen LogP contribution in [-0.4, -0.2) is 22.1 Å². The second kappa shape index (κ2) is 9.49. The van der Waals surface area contributed by atoms with Crippen LogP contribution in [0.5, 0.6) is 5.75 Å². The van der Waals surface area contributed by atoms with Crippen molar-refractivity contribution in [2.75, 3.05) is 0 Å². The number of aryl methyl sites for hydroxylation is 1. The molecule has 0 aliphatic carbocycles. The normalized spacial score (nSPS) is 12.0. The van der Waals surface area contributed by atoms with E-state index in [0.29, 0.717) is 19.6 Å². The average molecular weight is 415 g/mol. The summed E-state index contributed by atoms with van der Waals surface area (Å²) in [4.78, 5) is 15.1. The molecule has 31 heavy (non-hydrogen) atoms. The zero-order chi connectivity index (χ0) is 21.6. The number of hydrogen-bond donors (Lipinski definition) is 3. The van der Waals surface area contributed by atoms with Crippen LogP contribution in [-0.2, 0) is 24.4 Å². The Kier molecular flexibility index (Phi) is 6.34. The quantitative estimate of drug-likeness (QED) is 0.366. The molecule has 4 rings (SSSR count). The molecule has 0 radical (unpaired) electrons. The number of carbonyl (C=O) groups is 1. The van der Waals surface area contributed by atoms with Gasteiger partial charge in [-0.15, -0.1) is 0 Å². The highest BCUT2D eigenvalue weighted by Gasteiger charge is 2.20. The van der Waals surface area contributed by atoms with Gasteiger partial charge in [0, 0.05) is 35.6 Å². The molecule has 158 valence electrons. The van der Waals surface area contributed by atoms with Gasteiger partial charge < -0.3 is 14.8 Å². The Morgan fingerprint density at radius 1 is 1.00 bits per heavy atom. The van der Waals surface area contributed by atoms with E-state index in [4.69, 9.17) is 4.74 Å². The molecule has 0 bridgehead atoms. The molecule has 1 atom stereocenters. The van der Waals surface area contributed by atoms with Crippen molar-refractivity contribution < 1.29 is 14.6 Å². The highest BCUT2D eigenvalue weighted by atomic mass is 16.5. The molecular weight excluding hydrogens is 388 g/mol. The summed E-state index contributed by atoms with van der Waals surface area (Å²) in [6, 6.07) is 23.2. The molecule has 0 fully saturated rings. The zero-order valence-electron chi connectivity index (χ0n) is 17.5. The Bertz CT molecular complexity index is 1160. The number of hydrogen-bond acceptors (Lipinski definition) is 3. The maximum absolute atomic E-state index is 11.9. The highest BCUT2D eigenvalue weighted by Crippen LogP contribution is 2.21. The lowest BCUT2D eigenvalue weighted by atomic mass is 10.0. The van der Waals surface area contributed by atoms with Gasteiger partial charge in [0.15, 0.2) is 0 Å². The molecule has 0 aliphatic heterocycles. The van der Waals surface area contributed by atoms with E-state index in [9.17, 15) is 9.90 Å². The van der Waals surface area contributed by atoms with Gasteiger partial charge in [-0.25, -0.2) is 0 Å². The molecule has 0 saturated heterocycles. The molecule has 1 heterocycles. The Hall–Kier alpha value is -3.57. The van der Waals surface area contributed by atoms with Gasteiger partial charge >= 0.3 is 5.97 Å². The van der Waals surface area contributed by atoms with Crippen LogP contribution < -0.4 is 10.1 Å². The summed E-state index contributed by atoms with van der Waals surface area (Å²) in [5.41, 5.74) is 5.23. The van der Waals surface area contributed by atoms with Gasteiger partial charge in [0.25, 0.3) is 0 Å². The fourth-order valence-corrected chi connectivity index (χ4v) is 3.64. The molecule has 4 aromatic rings. The van der Waals surface area contributed by atoms with E-state index >= 15 is 0 Å². The number of aromatic nitrogens is 1. The monoisotopic (exact) mass is 414 g/mol. The van der Waals surface area contributed by atoms with Gasteiger partial charge in [0.05, 0.1) is 0 Å². The number of benzene rings is 3. The number of para-hydroxylation sites is 2. The van der Waals surface area contributed by atoms with Crippen molar-refractivity contribution in [2.45, 2.75) is 32.5 Å². The molecule has 0 spiro atoms. The average Bonchev–Trinajstić information content (AvgIpc) is 3.19. The number of carboxylic acid groups (broad SMARTS) is 1. The van der Waals surface area contributed by atoms with Gasteiger partial charge in [-0.1, -0.05) is 66.2 Å². The maximum Gasteiger partial charge on any atom is 0.321 e. The van der Waals surface area contributed by atoms with E-state index in [1.807, 2.05) is 54.7 Å². The summed E-state index contributed by atoms with van der Waals surface area (Å²) in [6.45, 7) is 2.93. The summed E-state index contributed by atoms with van der Waals surface area (Å²) < 4.78 is 6.03.